The number of carbonyl (C=O) groups excluding carboxylic acids is 1. The van der Waals surface area contributed by atoms with Gasteiger partial charge in [0.15, 0.2) is 5.13 Å². The summed E-state index contributed by atoms with van der Waals surface area (Å²) in [6.45, 7) is 3.19. The topological polar surface area (TPSA) is 80.5 Å². The molecule has 1 fully saturated rings. The first-order valence-corrected chi connectivity index (χ1v) is 6.57. The van der Waals surface area contributed by atoms with Crippen molar-refractivity contribution in [2.45, 2.75) is 18.9 Å². The van der Waals surface area contributed by atoms with Gasteiger partial charge in [-0.15, -0.1) is 0 Å². The Kier molecular flexibility index (Phi) is 3.45. The SMILES string of the molecule is CN(C)c1nc(N)c(C(=O)NC2(C)CCOC2)s1. The van der Waals surface area contributed by atoms with Gasteiger partial charge in [-0.05, 0) is 13.3 Å². The first kappa shape index (κ1) is 13.1. The van der Waals surface area contributed by atoms with Gasteiger partial charge in [0.1, 0.15) is 10.7 Å². The van der Waals surface area contributed by atoms with Crippen LogP contribution in [0.4, 0.5) is 10.9 Å². The fraction of sp³-hybridized carbons (Fsp3) is 0.636. The number of rotatable bonds is 3. The van der Waals surface area contributed by atoms with Crippen LogP contribution >= 0.6 is 11.3 Å². The lowest BCUT2D eigenvalue weighted by Crippen LogP contribution is -2.46. The third-order valence-corrected chi connectivity index (χ3v) is 4.10. The van der Waals surface area contributed by atoms with Gasteiger partial charge in [-0.25, -0.2) is 4.98 Å². The van der Waals surface area contributed by atoms with Crippen LogP contribution < -0.4 is 16.0 Å². The van der Waals surface area contributed by atoms with Crippen LogP contribution in [0.3, 0.4) is 0 Å². The number of ether oxygens (including phenoxy) is 1. The predicted molar refractivity (Wildman–Crippen MR) is 72.2 cm³/mol. The van der Waals surface area contributed by atoms with Gasteiger partial charge in [-0.1, -0.05) is 11.3 Å². The molecule has 0 bridgehead atoms. The zero-order valence-corrected chi connectivity index (χ0v) is 11.6. The number of anilines is 2. The van der Waals surface area contributed by atoms with Gasteiger partial charge >= 0.3 is 0 Å². The number of aromatic nitrogens is 1. The van der Waals surface area contributed by atoms with Crippen molar-refractivity contribution < 1.29 is 9.53 Å². The third-order valence-electron chi connectivity index (χ3n) is 2.87. The molecule has 0 saturated carbocycles. The van der Waals surface area contributed by atoms with Crippen LogP contribution in [-0.4, -0.2) is 43.7 Å². The number of hydrogen-bond acceptors (Lipinski definition) is 6. The molecule has 6 nitrogen and oxygen atoms in total. The first-order chi connectivity index (χ1) is 8.41. The highest BCUT2D eigenvalue weighted by molar-refractivity contribution is 7.18. The van der Waals surface area contributed by atoms with Crippen molar-refractivity contribution in [3.63, 3.8) is 0 Å². The number of amides is 1. The van der Waals surface area contributed by atoms with E-state index < -0.39 is 0 Å². The predicted octanol–water partition coefficient (Wildman–Crippen LogP) is 0.700. The number of thiazole rings is 1. The highest BCUT2D eigenvalue weighted by Gasteiger charge is 2.32. The molecule has 1 unspecified atom stereocenters. The first-order valence-electron chi connectivity index (χ1n) is 5.75. The number of carbonyl (C=O) groups is 1. The zero-order chi connectivity index (χ0) is 13.3. The smallest absolute Gasteiger partial charge is 0.265 e. The van der Waals surface area contributed by atoms with E-state index in [2.05, 4.69) is 10.3 Å². The Bertz CT molecular complexity index is 452. The average molecular weight is 270 g/mol. The fourth-order valence-corrected chi connectivity index (χ4v) is 2.57. The second kappa shape index (κ2) is 4.74. The lowest BCUT2D eigenvalue weighted by molar-refractivity contribution is 0.0894. The summed E-state index contributed by atoms with van der Waals surface area (Å²) in [5, 5.41) is 3.70. The molecule has 0 radical (unpaired) electrons. The maximum atomic E-state index is 12.2. The van der Waals surface area contributed by atoms with Crippen LogP contribution in [0, 0.1) is 0 Å². The van der Waals surface area contributed by atoms with Gasteiger partial charge in [-0.3, -0.25) is 4.79 Å². The summed E-state index contributed by atoms with van der Waals surface area (Å²) in [5.74, 6) is 0.106. The molecule has 1 saturated heterocycles. The van der Waals surface area contributed by atoms with Crippen LogP contribution in [0.1, 0.15) is 23.0 Å². The van der Waals surface area contributed by atoms with E-state index in [1.165, 1.54) is 11.3 Å². The molecule has 3 N–H and O–H groups in total. The fourth-order valence-electron chi connectivity index (χ4n) is 1.77. The van der Waals surface area contributed by atoms with Crippen LogP contribution in [0.2, 0.25) is 0 Å². The Morgan fingerprint density at radius 1 is 1.61 bits per heavy atom. The van der Waals surface area contributed by atoms with Crippen LogP contribution in [0.25, 0.3) is 0 Å². The second-order valence-electron chi connectivity index (χ2n) is 4.92. The van der Waals surface area contributed by atoms with E-state index in [1.54, 1.807) is 0 Å². The summed E-state index contributed by atoms with van der Waals surface area (Å²) in [6.07, 6.45) is 0.817. The molecule has 1 atom stereocenters. The molecule has 100 valence electrons. The minimum atomic E-state index is -0.300. The lowest BCUT2D eigenvalue weighted by atomic mass is 10.0. The van der Waals surface area contributed by atoms with Crippen LogP contribution in [0.5, 0.6) is 0 Å². The Balaban J connectivity index is 2.13. The van der Waals surface area contributed by atoms with E-state index in [0.29, 0.717) is 18.1 Å². The molecule has 1 aliphatic heterocycles. The molecule has 0 spiro atoms. The number of hydrogen-bond donors (Lipinski definition) is 2. The molecular weight excluding hydrogens is 252 g/mol. The minimum Gasteiger partial charge on any atom is -0.382 e. The molecule has 2 rings (SSSR count). The maximum absolute atomic E-state index is 12.2. The van der Waals surface area contributed by atoms with Crippen molar-refractivity contribution in [3.05, 3.63) is 4.88 Å². The molecule has 7 heteroatoms. The Labute approximate surface area is 110 Å². The van der Waals surface area contributed by atoms with Crippen molar-refractivity contribution in [1.29, 1.82) is 0 Å². The molecule has 0 aliphatic carbocycles. The highest BCUT2D eigenvalue weighted by atomic mass is 32.1. The van der Waals surface area contributed by atoms with E-state index in [1.807, 2.05) is 25.9 Å². The van der Waals surface area contributed by atoms with Gasteiger partial charge in [0.2, 0.25) is 0 Å². The van der Waals surface area contributed by atoms with E-state index >= 15 is 0 Å². The van der Waals surface area contributed by atoms with E-state index in [4.69, 9.17) is 10.5 Å². The number of nitrogens with two attached hydrogens (primary N) is 1. The average Bonchev–Trinajstić information content (AvgIpc) is 2.85. The molecule has 1 aromatic rings. The third kappa shape index (κ3) is 2.56. The number of nitrogen functional groups attached to an aromatic ring is 1. The molecule has 0 aromatic carbocycles. The minimum absolute atomic E-state index is 0.175. The molecule has 1 aromatic heterocycles. The highest BCUT2D eigenvalue weighted by Crippen LogP contribution is 2.28. The normalized spacial score (nSPS) is 23.1. The molecular formula is C11H18N4O2S. The number of nitrogens with zero attached hydrogens (tertiary/aromatic N) is 2. The van der Waals surface area contributed by atoms with Gasteiger partial charge in [0.05, 0.1) is 12.1 Å². The Hall–Kier alpha value is -1.34. The molecule has 1 amide bonds. The number of nitrogens with one attached hydrogen (secondary N) is 1. The summed E-state index contributed by atoms with van der Waals surface area (Å²) in [4.78, 5) is 18.6. The maximum Gasteiger partial charge on any atom is 0.265 e. The monoisotopic (exact) mass is 270 g/mol. The molecule has 1 aliphatic rings. The summed E-state index contributed by atoms with van der Waals surface area (Å²) in [7, 11) is 3.73. The van der Waals surface area contributed by atoms with Gasteiger partial charge in [-0.2, -0.15) is 0 Å². The quantitative estimate of drug-likeness (QED) is 0.845. The van der Waals surface area contributed by atoms with Crippen molar-refractivity contribution in [2.24, 2.45) is 0 Å². The standard InChI is InChI=1S/C11H18N4O2S/c1-11(4-5-17-6-11)14-9(16)7-8(12)13-10(18-7)15(2)3/h4-6,12H2,1-3H3,(H,14,16). The van der Waals surface area contributed by atoms with Gasteiger partial charge < -0.3 is 20.7 Å². The summed E-state index contributed by atoms with van der Waals surface area (Å²) < 4.78 is 5.30. The van der Waals surface area contributed by atoms with Gasteiger partial charge in [0.25, 0.3) is 5.91 Å². The Morgan fingerprint density at radius 2 is 2.33 bits per heavy atom. The van der Waals surface area contributed by atoms with E-state index in [-0.39, 0.29) is 17.3 Å². The zero-order valence-electron chi connectivity index (χ0n) is 10.8. The molecule has 2 heterocycles. The summed E-state index contributed by atoms with van der Waals surface area (Å²) in [5.41, 5.74) is 5.48. The van der Waals surface area contributed by atoms with Crippen molar-refractivity contribution in [3.8, 4) is 0 Å². The summed E-state index contributed by atoms with van der Waals surface area (Å²) in [6, 6.07) is 0. The van der Waals surface area contributed by atoms with Crippen molar-refractivity contribution in [2.75, 3.05) is 37.9 Å². The van der Waals surface area contributed by atoms with Crippen LogP contribution in [-0.2, 0) is 4.74 Å². The lowest BCUT2D eigenvalue weighted by Gasteiger charge is -2.22. The second-order valence-corrected chi connectivity index (χ2v) is 5.90. The Morgan fingerprint density at radius 3 is 2.83 bits per heavy atom. The van der Waals surface area contributed by atoms with E-state index in [0.717, 1.165) is 11.6 Å². The molecule has 18 heavy (non-hydrogen) atoms. The largest absolute Gasteiger partial charge is 0.382 e. The van der Waals surface area contributed by atoms with Gasteiger partial charge in [0, 0.05) is 20.7 Å². The summed E-state index contributed by atoms with van der Waals surface area (Å²) >= 11 is 1.29. The van der Waals surface area contributed by atoms with Crippen molar-refractivity contribution >= 4 is 28.2 Å². The van der Waals surface area contributed by atoms with Crippen molar-refractivity contribution in [1.82, 2.24) is 10.3 Å². The van der Waals surface area contributed by atoms with E-state index in [9.17, 15) is 4.79 Å². The van der Waals surface area contributed by atoms with Crippen LogP contribution in [0.15, 0.2) is 0 Å².